The van der Waals surface area contributed by atoms with E-state index in [0.717, 1.165) is 30.5 Å². The van der Waals surface area contributed by atoms with Gasteiger partial charge in [0.25, 0.3) is 0 Å². The monoisotopic (exact) mass is 336 g/mol. The Morgan fingerprint density at radius 2 is 1.84 bits per heavy atom. The lowest BCUT2D eigenvalue weighted by Crippen LogP contribution is -2.42. The maximum atomic E-state index is 14.0. The van der Waals surface area contributed by atoms with Gasteiger partial charge in [0.05, 0.1) is 11.1 Å². The highest BCUT2D eigenvalue weighted by atomic mass is 19.1. The summed E-state index contributed by atoms with van der Waals surface area (Å²) in [6.45, 7) is 2.32. The van der Waals surface area contributed by atoms with E-state index in [1.54, 1.807) is 24.4 Å². The van der Waals surface area contributed by atoms with Crippen LogP contribution in [0.15, 0.2) is 60.8 Å². The molecule has 0 atom stereocenters. The Morgan fingerprint density at radius 3 is 2.64 bits per heavy atom. The molecule has 0 aliphatic carbocycles. The first-order valence-electron chi connectivity index (χ1n) is 8.67. The van der Waals surface area contributed by atoms with Gasteiger partial charge in [-0.1, -0.05) is 30.3 Å². The maximum absolute atomic E-state index is 14.0. The summed E-state index contributed by atoms with van der Waals surface area (Å²) in [6.07, 6.45) is 2.89. The second-order valence-electron chi connectivity index (χ2n) is 6.82. The number of piperidine rings is 1. The van der Waals surface area contributed by atoms with Crippen molar-refractivity contribution >= 4 is 10.9 Å². The molecule has 1 aliphatic rings. The third-order valence-corrected chi connectivity index (χ3v) is 5.13. The third kappa shape index (κ3) is 3.28. The van der Waals surface area contributed by atoms with Crippen LogP contribution in [-0.2, 0) is 12.1 Å². The van der Waals surface area contributed by atoms with Gasteiger partial charge < -0.3 is 5.11 Å². The van der Waals surface area contributed by atoms with Crippen LogP contribution in [0.3, 0.4) is 0 Å². The first kappa shape index (κ1) is 16.2. The summed E-state index contributed by atoms with van der Waals surface area (Å²) in [6, 6.07) is 16.9. The molecule has 0 amide bonds. The number of aliphatic hydroxyl groups is 1. The number of benzene rings is 2. The fourth-order valence-corrected chi connectivity index (χ4v) is 3.67. The molecule has 128 valence electrons. The highest BCUT2D eigenvalue weighted by Gasteiger charge is 2.35. The van der Waals surface area contributed by atoms with Crippen LogP contribution in [0.1, 0.15) is 24.0 Å². The highest BCUT2D eigenvalue weighted by Crippen LogP contribution is 2.34. The van der Waals surface area contributed by atoms with Gasteiger partial charge in [0.15, 0.2) is 0 Å². The largest absolute Gasteiger partial charge is 0.385 e. The molecule has 3 nitrogen and oxygen atoms in total. The number of rotatable bonds is 3. The molecular formula is C21H21FN2O. The van der Waals surface area contributed by atoms with Crippen molar-refractivity contribution in [1.82, 2.24) is 9.88 Å². The molecule has 25 heavy (non-hydrogen) atoms. The van der Waals surface area contributed by atoms with Gasteiger partial charge >= 0.3 is 0 Å². The van der Waals surface area contributed by atoms with E-state index in [-0.39, 0.29) is 5.82 Å². The quantitative estimate of drug-likeness (QED) is 0.789. The number of pyridine rings is 1. The fraction of sp³-hybridized carbons (Fsp3) is 0.286. The van der Waals surface area contributed by atoms with E-state index in [2.05, 4.69) is 28.1 Å². The van der Waals surface area contributed by atoms with Gasteiger partial charge in [-0.05, 0) is 42.7 Å². The van der Waals surface area contributed by atoms with E-state index in [1.165, 1.54) is 11.6 Å². The summed E-state index contributed by atoms with van der Waals surface area (Å²) in [5, 5.41) is 12.0. The van der Waals surface area contributed by atoms with Gasteiger partial charge in [-0.2, -0.15) is 0 Å². The number of nitrogens with zero attached hydrogens (tertiary/aromatic N) is 2. The van der Waals surface area contributed by atoms with Crippen LogP contribution in [0.25, 0.3) is 10.9 Å². The number of fused-ring (bicyclic) bond motifs is 1. The molecule has 2 heterocycles. The first-order valence-corrected chi connectivity index (χ1v) is 8.67. The van der Waals surface area contributed by atoms with Crippen molar-refractivity contribution in [2.75, 3.05) is 13.1 Å². The Morgan fingerprint density at radius 1 is 1.04 bits per heavy atom. The van der Waals surface area contributed by atoms with Crippen molar-refractivity contribution in [3.8, 4) is 0 Å². The number of hydrogen-bond donors (Lipinski definition) is 1. The van der Waals surface area contributed by atoms with E-state index in [9.17, 15) is 9.50 Å². The summed E-state index contributed by atoms with van der Waals surface area (Å²) < 4.78 is 14.0. The minimum Gasteiger partial charge on any atom is -0.385 e. The van der Waals surface area contributed by atoms with E-state index in [0.29, 0.717) is 18.4 Å². The molecular weight excluding hydrogens is 315 g/mol. The average molecular weight is 336 g/mol. The van der Waals surface area contributed by atoms with Crippen molar-refractivity contribution in [3.63, 3.8) is 0 Å². The molecule has 1 fully saturated rings. The molecule has 1 aromatic heterocycles. The van der Waals surface area contributed by atoms with Gasteiger partial charge in [-0.25, -0.2) is 4.39 Å². The van der Waals surface area contributed by atoms with Crippen LogP contribution in [0.2, 0.25) is 0 Å². The zero-order valence-corrected chi connectivity index (χ0v) is 14.0. The van der Waals surface area contributed by atoms with E-state index in [1.807, 2.05) is 12.1 Å². The molecule has 2 aromatic carbocycles. The molecule has 1 N–H and O–H groups in total. The normalized spacial score (nSPS) is 17.7. The predicted octanol–water partition coefficient (Wildman–Crippen LogP) is 3.86. The summed E-state index contributed by atoms with van der Waals surface area (Å²) in [5.74, 6) is -0.319. The third-order valence-electron chi connectivity index (χ3n) is 5.13. The molecule has 4 heteroatoms. The maximum Gasteiger partial charge on any atom is 0.129 e. The Hall–Kier alpha value is -2.30. The van der Waals surface area contributed by atoms with E-state index in [4.69, 9.17) is 0 Å². The first-order chi connectivity index (χ1) is 12.1. The lowest BCUT2D eigenvalue weighted by Gasteiger charge is -2.38. The van der Waals surface area contributed by atoms with Gasteiger partial charge in [0.1, 0.15) is 5.82 Å². The van der Waals surface area contributed by atoms with Crippen LogP contribution in [-0.4, -0.2) is 28.1 Å². The molecule has 0 saturated carbocycles. The van der Waals surface area contributed by atoms with Crippen LogP contribution >= 0.6 is 0 Å². The Balaban J connectivity index is 1.45. The van der Waals surface area contributed by atoms with Crippen LogP contribution in [0, 0.1) is 5.82 Å². The SMILES string of the molecule is OC1(c2ccccc2F)CCN(Cc2ccc3ncccc3c2)CC1. The summed E-state index contributed by atoms with van der Waals surface area (Å²) in [5.41, 5.74) is 1.59. The minimum absolute atomic E-state index is 0.319. The Labute approximate surface area is 146 Å². The minimum atomic E-state index is -1.06. The molecule has 3 aromatic rings. The van der Waals surface area contributed by atoms with Gasteiger partial charge in [0.2, 0.25) is 0 Å². The van der Waals surface area contributed by atoms with Crippen LogP contribution in [0.4, 0.5) is 4.39 Å². The zero-order valence-electron chi connectivity index (χ0n) is 14.0. The number of aromatic nitrogens is 1. The zero-order chi connectivity index (χ0) is 17.3. The second kappa shape index (κ2) is 6.54. The average Bonchev–Trinajstić information content (AvgIpc) is 2.64. The van der Waals surface area contributed by atoms with Crippen molar-refractivity contribution in [2.24, 2.45) is 0 Å². The molecule has 0 bridgehead atoms. The van der Waals surface area contributed by atoms with Crippen molar-refractivity contribution in [1.29, 1.82) is 0 Å². The summed E-state index contributed by atoms with van der Waals surface area (Å²) in [4.78, 5) is 6.66. The molecule has 1 saturated heterocycles. The number of hydrogen-bond acceptors (Lipinski definition) is 3. The predicted molar refractivity (Wildman–Crippen MR) is 96.6 cm³/mol. The van der Waals surface area contributed by atoms with Crippen LogP contribution < -0.4 is 0 Å². The lowest BCUT2D eigenvalue weighted by molar-refractivity contribution is -0.0302. The fourth-order valence-electron chi connectivity index (χ4n) is 3.67. The smallest absolute Gasteiger partial charge is 0.129 e. The van der Waals surface area contributed by atoms with Gasteiger partial charge in [0, 0.05) is 36.8 Å². The number of halogens is 1. The van der Waals surface area contributed by atoms with Crippen molar-refractivity contribution in [3.05, 3.63) is 77.7 Å². The van der Waals surface area contributed by atoms with E-state index >= 15 is 0 Å². The van der Waals surface area contributed by atoms with Gasteiger partial charge in [-0.3, -0.25) is 9.88 Å². The molecule has 0 spiro atoms. The Kier molecular flexibility index (Phi) is 4.24. The molecule has 4 rings (SSSR count). The topological polar surface area (TPSA) is 36.4 Å². The van der Waals surface area contributed by atoms with Crippen LogP contribution in [0.5, 0.6) is 0 Å². The second-order valence-corrected chi connectivity index (χ2v) is 6.82. The number of likely N-dealkylation sites (tertiary alicyclic amines) is 1. The standard InChI is InChI=1S/C21H21FN2O/c22-19-6-2-1-5-18(19)21(25)9-12-24(13-10-21)15-16-7-8-20-17(14-16)4-3-11-23-20/h1-8,11,14,25H,9-10,12-13,15H2. The lowest BCUT2D eigenvalue weighted by atomic mass is 9.84. The van der Waals surface area contributed by atoms with Gasteiger partial charge in [-0.15, -0.1) is 0 Å². The summed E-state index contributed by atoms with van der Waals surface area (Å²) in [7, 11) is 0. The molecule has 0 radical (unpaired) electrons. The summed E-state index contributed by atoms with van der Waals surface area (Å²) >= 11 is 0. The highest BCUT2D eigenvalue weighted by molar-refractivity contribution is 5.78. The van der Waals surface area contributed by atoms with Crippen molar-refractivity contribution in [2.45, 2.75) is 25.0 Å². The Bertz CT molecular complexity index is 888. The van der Waals surface area contributed by atoms with E-state index < -0.39 is 5.60 Å². The molecule has 0 unspecified atom stereocenters. The van der Waals surface area contributed by atoms with Crippen molar-refractivity contribution < 1.29 is 9.50 Å². The molecule has 1 aliphatic heterocycles.